The molecule has 110 valence electrons. The van der Waals surface area contributed by atoms with Gasteiger partial charge in [-0.05, 0) is 57.7 Å². The number of amides is 1. The zero-order chi connectivity index (χ0) is 13.7. The van der Waals surface area contributed by atoms with Gasteiger partial charge in [-0.1, -0.05) is 6.92 Å². The van der Waals surface area contributed by atoms with Crippen molar-refractivity contribution in [1.29, 1.82) is 0 Å². The zero-order valence-electron chi connectivity index (χ0n) is 12.3. The molecule has 0 saturated carbocycles. The Bertz CT molecular complexity index is 289. The van der Waals surface area contributed by atoms with Crippen LogP contribution in [-0.2, 0) is 4.79 Å². The molecule has 4 nitrogen and oxygen atoms in total. The van der Waals surface area contributed by atoms with Crippen molar-refractivity contribution in [1.82, 2.24) is 9.80 Å². The van der Waals surface area contributed by atoms with Gasteiger partial charge in [0.05, 0.1) is 0 Å². The summed E-state index contributed by atoms with van der Waals surface area (Å²) in [7, 11) is 0. The highest BCUT2D eigenvalue weighted by Crippen LogP contribution is 2.21. The summed E-state index contributed by atoms with van der Waals surface area (Å²) in [5.74, 6) is 0.798. The maximum atomic E-state index is 12.2. The quantitative estimate of drug-likeness (QED) is 0.820. The number of likely N-dealkylation sites (tertiary alicyclic amines) is 2. The summed E-state index contributed by atoms with van der Waals surface area (Å²) in [6.07, 6.45) is 6.70. The largest absolute Gasteiger partial charge is 0.341 e. The van der Waals surface area contributed by atoms with Crippen molar-refractivity contribution in [3.05, 3.63) is 0 Å². The van der Waals surface area contributed by atoms with Gasteiger partial charge in [0.15, 0.2) is 0 Å². The molecular weight excluding hydrogens is 238 g/mol. The molecular formula is C15H29N3O. The van der Waals surface area contributed by atoms with E-state index in [9.17, 15) is 4.79 Å². The summed E-state index contributed by atoms with van der Waals surface area (Å²) in [6, 6.07) is 0.618. The van der Waals surface area contributed by atoms with Crippen LogP contribution in [0, 0.1) is 5.92 Å². The van der Waals surface area contributed by atoms with Crippen LogP contribution in [0.4, 0.5) is 0 Å². The van der Waals surface area contributed by atoms with E-state index in [0.717, 1.165) is 19.5 Å². The minimum absolute atomic E-state index is 0.337. The van der Waals surface area contributed by atoms with Gasteiger partial charge in [0.1, 0.15) is 0 Å². The molecule has 0 bridgehead atoms. The second-order valence-electron chi connectivity index (χ2n) is 6.26. The highest BCUT2D eigenvalue weighted by Gasteiger charge is 2.28. The fourth-order valence-corrected chi connectivity index (χ4v) is 3.23. The van der Waals surface area contributed by atoms with E-state index in [-0.39, 0.29) is 0 Å². The number of hydrogen-bond acceptors (Lipinski definition) is 3. The molecule has 2 rings (SSSR count). The molecule has 2 aliphatic rings. The van der Waals surface area contributed by atoms with E-state index >= 15 is 0 Å². The van der Waals surface area contributed by atoms with Gasteiger partial charge in [0.25, 0.3) is 0 Å². The highest BCUT2D eigenvalue weighted by atomic mass is 16.2. The lowest BCUT2D eigenvalue weighted by atomic mass is 10.0. The maximum Gasteiger partial charge on any atom is 0.222 e. The van der Waals surface area contributed by atoms with Crippen molar-refractivity contribution in [3.63, 3.8) is 0 Å². The van der Waals surface area contributed by atoms with E-state index in [4.69, 9.17) is 5.73 Å². The van der Waals surface area contributed by atoms with Crippen LogP contribution in [-0.4, -0.2) is 54.5 Å². The van der Waals surface area contributed by atoms with Crippen molar-refractivity contribution < 1.29 is 4.79 Å². The lowest BCUT2D eigenvalue weighted by Crippen LogP contribution is -2.49. The summed E-state index contributed by atoms with van der Waals surface area (Å²) >= 11 is 0. The number of carbonyl (C=O) groups is 1. The molecule has 1 amide bonds. The van der Waals surface area contributed by atoms with Gasteiger partial charge in [-0.15, -0.1) is 0 Å². The molecule has 2 N–H and O–H groups in total. The van der Waals surface area contributed by atoms with Gasteiger partial charge in [-0.2, -0.15) is 0 Å². The number of carbonyl (C=O) groups excluding carboxylic acids is 1. The van der Waals surface area contributed by atoms with E-state index in [0.29, 0.717) is 30.8 Å². The van der Waals surface area contributed by atoms with Crippen LogP contribution in [0.1, 0.15) is 45.4 Å². The van der Waals surface area contributed by atoms with Gasteiger partial charge in [0.2, 0.25) is 5.91 Å². The van der Waals surface area contributed by atoms with Gasteiger partial charge in [-0.3, -0.25) is 9.69 Å². The Balaban J connectivity index is 1.77. The molecule has 2 saturated heterocycles. The van der Waals surface area contributed by atoms with E-state index in [1.165, 1.54) is 38.8 Å². The lowest BCUT2D eigenvalue weighted by Gasteiger charge is -2.37. The number of nitrogens with two attached hydrogens (primary N) is 1. The van der Waals surface area contributed by atoms with Gasteiger partial charge < -0.3 is 10.6 Å². The Kier molecular flexibility index (Phi) is 5.64. The lowest BCUT2D eigenvalue weighted by molar-refractivity contribution is -0.133. The third-order valence-electron chi connectivity index (χ3n) is 4.66. The summed E-state index contributed by atoms with van der Waals surface area (Å²) in [5.41, 5.74) is 5.61. The minimum atomic E-state index is 0.337. The molecule has 2 heterocycles. The van der Waals surface area contributed by atoms with Crippen LogP contribution < -0.4 is 5.73 Å². The third kappa shape index (κ3) is 4.18. The summed E-state index contributed by atoms with van der Waals surface area (Å²) in [4.78, 5) is 16.9. The van der Waals surface area contributed by atoms with Crippen LogP contribution >= 0.6 is 0 Å². The standard InChI is InChI=1S/C15H29N3O/c1-13(11-16)6-7-15(19)18-10-4-5-14(12-18)17-8-2-3-9-17/h13-14H,2-12,16H2,1H3. The zero-order valence-corrected chi connectivity index (χ0v) is 12.3. The fourth-order valence-electron chi connectivity index (χ4n) is 3.23. The third-order valence-corrected chi connectivity index (χ3v) is 4.66. The number of nitrogens with zero attached hydrogens (tertiary/aromatic N) is 2. The fraction of sp³-hybridized carbons (Fsp3) is 0.933. The molecule has 0 aromatic carbocycles. The molecule has 0 aliphatic carbocycles. The Labute approximate surface area is 117 Å². The average molecular weight is 267 g/mol. The van der Waals surface area contributed by atoms with E-state index in [1.807, 2.05) is 0 Å². The second-order valence-corrected chi connectivity index (χ2v) is 6.26. The summed E-state index contributed by atoms with van der Waals surface area (Å²) in [5, 5.41) is 0. The predicted molar refractivity (Wildman–Crippen MR) is 77.9 cm³/mol. The molecule has 2 aliphatic heterocycles. The first-order valence-corrected chi connectivity index (χ1v) is 7.92. The monoisotopic (exact) mass is 267 g/mol. The van der Waals surface area contributed by atoms with E-state index < -0.39 is 0 Å². The Morgan fingerprint density at radius 1 is 1.26 bits per heavy atom. The molecule has 0 radical (unpaired) electrons. The Morgan fingerprint density at radius 2 is 2.00 bits per heavy atom. The minimum Gasteiger partial charge on any atom is -0.341 e. The van der Waals surface area contributed by atoms with Crippen LogP contribution in [0.2, 0.25) is 0 Å². The van der Waals surface area contributed by atoms with Gasteiger partial charge in [-0.25, -0.2) is 0 Å². The molecule has 2 atom stereocenters. The van der Waals surface area contributed by atoms with E-state index in [1.54, 1.807) is 0 Å². The molecule has 2 fully saturated rings. The summed E-state index contributed by atoms with van der Waals surface area (Å²) < 4.78 is 0. The summed E-state index contributed by atoms with van der Waals surface area (Å²) in [6.45, 7) is 7.18. The molecule has 0 spiro atoms. The predicted octanol–water partition coefficient (Wildman–Crippen LogP) is 1.45. The van der Waals surface area contributed by atoms with Crippen molar-refractivity contribution in [2.45, 2.75) is 51.5 Å². The maximum absolute atomic E-state index is 12.2. The first kappa shape index (κ1) is 14.8. The SMILES string of the molecule is CC(CN)CCC(=O)N1CCCC(N2CCCC2)C1. The first-order valence-electron chi connectivity index (χ1n) is 7.92. The van der Waals surface area contributed by atoms with Crippen LogP contribution in [0.25, 0.3) is 0 Å². The second kappa shape index (κ2) is 7.25. The molecule has 19 heavy (non-hydrogen) atoms. The van der Waals surface area contributed by atoms with Crippen LogP contribution in [0.15, 0.2) is 0 Å². The average Bonchev–Trinajstić information content (AvgIpc) is 2.98. The molecule has 0 aromatic rings. The van der Waals surface area contributed by atoms with Crippen molar-refractivity contribution in [2.75, 3.05) is 32.7 Å². The number of rotatable bonds is 5. The molecule has 0 aromatic heterocycles. The normalized spacial score (nSPS) is 26.6. The van der Waals surface area contributed by atoms with Gasteiger partial charge >= 0.3 is 0 Å². The highest BCUT2D eigenvalue weighted by molar-refractivity contribution is 5.76. The Hall–Kier alpha value is -0.610. The Morgan fingerprint density at radius 3 is 2.68 bits per heavy atom. The number of hydrogen-bond donors (Lipinski definition) is 1. The molecule has 2 unspecified atom stereocenters. The van der Waals surface area contributed by atoms with Gasteiger partial charge in [0, 0.05) is 25.6 Å². The number of piperidine rings is 1. The van der Waals surface area contributed by atoms with E-state index in [2.05, 4.69) is 16.7 Å². The van der Waals surface area contributed by atoms with Crippen molar-refractivity contribution in [3.8, 4) is 0 Å². The van der Waals surface area contributed by atoms with Crippen LogP contribution in [0.3, 0.4) is 0 Å². The smallest absolute Gasteiger partial charge is 0.222 e. The van der Waals surface area contributed by atoms with Crippen molar-refractivity contribution >= 4 is 5.91 Å². The van der Waals surface area contributed by atoms with Crippen molar-refractivity contribution in [2.24, 2.45) is 11.7 Å². The topological polar surface area (TPSA) is 49.6 Å². The molecule has 4 heteroatoms. The van der Waals surface area contributed by atoms with Crippen LogP contribution in [0.5, 0.6) is 0 Å². The first-order chi connectivity index (χ1) is 9.20.